The molecule has 5 rings (SSSR count). The van der Waals surface area contributed by atoms with Crippen LogP contribution >= 0.6 is 0 Å². The highest BCUT2D eigenvalue weighted by Gasteiger charge is 2.73. The van der Waals surface area contributed by atoms with Crippen LogP contribution in [0.4, 0.5) is 0 Å². The minimum absolute atomic E-state index is 0.181. The summed E-state index contributed by atoms with van der Waals surface area (Å²) in [4.78, 5) is 13.0. The van der Waals surface area contributed by atoms with Crippen LogP contribution in [-0.2, 0) is 4.79 Å². The van der Waals surface area contributed by atoms with E-state index in [0.29, 0.717) is 35.7 Å². The van der Waals surface area contributed by atoms with E-state index in [0.717, 1.165) is 44.9 Å². The summed E-state index contributed by atoms with van der Waals surface area (Å²) in [5.41, 5.74) is 2.00. The molecule has 5 aliphatic carbocycles. The second-order valence-electron chi connectivity index (χ2n) is 17.7. The molecule has 0 radical (unpaired) electrons. The van der Waals surface area contributed by atoms with Gasteiger partial charge in [-0.2, -0.15) is 0 Å². The summed E-state index contributed by atoms with van der Waals surface area (Å²) in [6.45, 7) is 27.4. The highest BCUT2D eigenvalue weighted by molar-refractivity contribution is 5.76. The van der Waals surface area contributed by atoms with Gasteiger partial charge in [0.2, 0.25) is 0 Å². The molecule has 5 saturated carbocycles. The lowest BCUT2D eigenvalue weighted by Crippen LogP contribution is -2.68. The molecule has 0 amide bonds. The van der Waals surface area contributed by atoms with Crippen molar-refractivity contribution in [3.05, 3.63) is 12.2 Å². The maximum Gasteiger partial charge on any atom is 0.309 e. The first-order valence-electron chi connectivity index (χ1n) is 17.5. The molecule has 0 aliphatic heterocycles. The van der Waals surface area contributed by atoms with E-state index in [-0.39, 0.29) is 33.0 Å². The Bertz CT molecular complexity index is 1060. The first kappa shape index (κ1) is 31.6. The molecular weight excluding hydrogens is 504 g/mol. The minimum Gasteiger partial charge on any atom is -0.481 e. The van der Waals surface area contributed by atoms with Gasteiger partial charge in [-0.05, 0) is 152 Å². The number of aliphatic carboxylic acids is 1. The first-order valence-corrected chi connectivity index (χ1v) is 17.5. The number of allylic oxidation sites excluding steroid dienone is 1. The van der Waals surface area contributed by atoms with Crippen molar-refractivity contribution in [1.82, 2.24) is 0 Å². The van der Waals surface area contributed by atoms with E-state index in [2.05, 4.69) is 68.9 Å². The Morgan fingerprint density at radius 3 is 2.05 bits per heavy atom. The van der Waals surface area contributed by atoms with Gasteiger partial charge in [-0.15, -0.1) is 0 Å². The Morgan fingerprint density at radius 2 is 1.49 bits per heavy atom. The van der Waals surface area contributed by atoms with Crippen molar-refractivity contribution in [2.45, 2.75) is 146 Å². The average molecular weight is 569 g/mol. The second kappa shape index (κ2) is 9.84. The Morgan fingerprint density at radius 1 is 0.829 bits per heavy atom. The number of fused-ring (bicyclic) bond motifs is 7. The normalized spacial score (nSPS) is 48.9. The summed E-state index contributed by atoms with van der Waals surface area (Å²) in [6, 6.07) is 0. The standard InChI is InChI=1S/C38H64O3/c1-11-37(12-2,23-24-39)36(10)21-19-33(7)28(32(36,5)6)16-17-35(9)29(33)14-13-27-30-26(25(3)4)15-18-38(30,31(40)41)22-20-34(27,35)8/h26-30,39H,3,11-24H2,1-2,4-10H3,(H,40,41)/t26-,27?,28?,29?,30?,33-,34+,35+,36+,38-/m0/s1. The van der Waals surface area contributed by atoms with E-state index >= 15 is 0 Å². The first-order chi connectivity index (χ1) is 19.0. The van der Waals surface area contributed by atoms with Crippen LogP contribution < -0.4 is 0 Å². The summed E-state index contributed by atoms with van der Waals surface area (Å²) in [7, 11) is 0. The third kappa shape index (κ3) is 3.69. The monoisotopic (exact) mass is 568 g/mol. The lowest BCUT2D eigenvalue weighted by atomic mass is 9.29. The van der Waals surface area contributed by atoms with Crippen LogP contribution in [-0.4, -0.2) is 22.8 Å². The second-order valence-corrected chi connectivity index (χ2v) is 17.7. The molecule has 0 aromatic rings. The van der Waals surface area contributed by atoms with Crippen LogP contribution in [0.15, 0.2) is 12.2 Å². The molecule has 0 saturated heterocycles. The number of aliphatic hydroxyl groups is 1. The minimum atomic E-state index is -0.539. The van der Waals surface area contributed by atoms with Gasteiger partial charge < -0.3 is 10.2 Å². The molecule has 4 unspecified atom stereocenters. The molecule has 0 heterocycles. The maximum absolute atomic E-state index is 13.0. The average Bonchev–Trinajstić information content (AvgIpc) is 3.32. The summed E-state index contributed by atoms with van der Waals surface area (Å²) >= 11 is 0. The van der Waals surface area contributed by atoms with Gasteiger partial charge in [0.25, 0.3) is 0 Å². The van der Waals surface area contributed by atoms with E-state index in [9.17, 15) is 15.0 Å². The van der Waals surface area contributed by atoms with Crippen molar-refractivity contribution in [3.63, 3.8) is 0 Å². The highest BCUT2D eigenvalue weighted by Crippen LogP contribution is 2.80. The van der Waals surface area contributed by atoms with E-state index < -0.39 is 11.4 Å². The summed E-state index contributed by atoms with van der Waals surface area (Å²) < 4.78 is 0. The molecule has 0 bridgehead atoms. The number of aliphatic hydroxyl groups excluding tert-OH is 1. The molecule has 5 fully saturated rings. The molecule has 0 aromatic heterocycles. The van der Waals surface area contributed by atoms with Gasteiger partial charge in [-0.1, -0.05) is 67.5 Å². The van der Waals surface area contributed by atoms with Gasteiger partial charge in [-0.25, -0.2) is 0 Å². The largest absolute Gasteiger partial charge is 0.481 e. The van der Waals surface area contributed by atoms with Gasteiger partial charge in [0, 0.05) is 6.61 Å². The number of carboxylic acid groups (broad SMARTS) is 1. The SMILES string of the molecule is C=C(C)[C@@H]1CC[C@]2(C(=O)O)CC[C@]3(C)C(CCC4[C@@]5(C)CC[C@@](C)(C(CC)(CC)CCO)C(C)(C)C5CC[C@]43C)C12. The fraction of sp³-hybridized carbons (Fsp3) is 0.921. The fourth-order valence-corrected chi connectivity index (χ4v) is 14.5. The summed E-state index contributed by atoms with van der Waals surface area (Å²) in [5.74, 6) is 1.94. The Balaban J connectivity index is 1.54. The quantitative estimate of drug-likeness (QED) is 0.300. The van der Waals surface area contributed by atoms with Crippen LogP contribution in [0.1, 0.15) is 146 Å². The van der Waals surface area contributed by atoms with Crippen LogP contribution in [0.2, 0.25) is 0 Å². The number of rotatable bonds is 7. The zero-order valence-corrected chi connectivity index (χ0v) is 28.3. The number of hydrogen-bond donors (Lipinski definition) is 2. The molecule has 3 nitrogen and oxygen atoms in total. The number of hydrogen-bond acceptors (Lipinski definition) is 2. The predicted molar refractivity (Wildman–Crippen MR) is 169 cm³/mol. The lowest BCUT2D eigenvalue weighted by Gasteiger charge is -2.75. The summed E-state index contributed by atoms with van der Waals surface area (Å²) in [6.07, 6.45) is 14.5. The fourth-order valence-electron chi connectivity index (χ4n) is 14.5. The Kier molecular flexibility index (Phi) is 7.58. The third-order valence-corrected chi connectivity index (χ3v) is 17.3. The van der Waals surface area contributed by atoms with E-state index in [1.807, 2.05) is 0 Å². The maximum atomic E-state index is 13.0. The van der Waals surface area contributed by atoms with E-state index in [4.69, 9.17) is 0 Å². The van der Waals surface area contributed by atoms with Gasteiger partial charge in [0.1, 0.15) is 0 Å². The molecule has 3 heteroatoms. The van der Waals surface area contributed by atoms with E-state index in [1.165, 1.54) is 44.1 Å². The molecule has 234 valence electrons. The Labute approximate surface area is 252 Å². The molecule has 2 N–H and O–H groups in total. The van der Waals surface area contributed by atoms with Crippen LogP contribution in [0.5, 0.6) is 0 Å². The van der Waals surface area contributed by atoms with Gasteiger partial charge in [-0.3, -0.25) is 4.79 Å². The van der Waals surface area contributed by atoms with Crippen LogP contribution in [0, 0.1) is 67.5 Å². The van der Waals surface area contributed by atoms with Gasteiger partial charge >= 0.3 is 5.97 Å². The zero-order chi connectivity index (χ0) is 30.4. The van der Waals surface area contributed by atoms with Crippen LogP contribution in [0.25, 0.3) is 0 Å². The van der Waals surface area contributed by atoms with Crippen molar-refractivity contribution in [1.29, 1.82) is 0 Å². The Hall–Kier alpha value is -0.830. The van der Waals surface area contributed by atoms with Crippen molar-refractivity contribution in [2.24, 2.45) is 67.5 Å². The molecule has 0 spiro atoms. The predicted octanol–water partition coefficient (Wildman–Crippen LogP) is 9.92. The third-order valence-electron chi connectivity index (χ3n) is 17.3. The van der Waals surface area contributed by atoms with Gasteiger partial charge in [0.15, 0.2) is 0 Å². The molecule has 5 aliphatic rings. The topological polar surface area (TPSA) is 57.5 Å². The molecule has 41 heavy (non-hydrogen) atoms. The zero-order valence-electron chi connectivity index (χ0n) is 28.3. The van der Waals surface area contributed by atoms with Gasteiger partial charge in [0.05, 0.1) is 5.41 Å². The van der Waals surface area contributed by atoms with Crippen molar-refractivity contribution in [2.75, 3.05) is 6.61 Å². The van der Waals surface area contributed by atoms with E-state index in [1.54, 1.807) is 0 Å². The smallest absolute Gasteiger partial charge is 0.309 e. The van der Waals surface area contributed by atoms with Crippen LogP contribution in [0.3, 0.4) is 0 Å². The molecular formula is C38H64O3. The van der Waals surface area contributed by atoms with Crippen molar-refractivity contribution >= 4 is 5.97 Å². The summed E-state index contributed by atoms with van der Waals surface area (Å²) in [5, 5.41) is 20.9. The van der Waals surface area contributed by atoms with Crippen molar-refractivity contribution < 1.29 is 15.0 Å². The molecule has 0 aromatic carbocycles. The highest BCUT2D eigenvalue weighted by atomic mass is 16.4. The lowest BCUT2D eigenvalue weighted by molar-refractivity contribution is -0.266. The number of carbonyl (C=O) groups is 1. The number of carboxylic acids is 1. The molecule has 10 atom stereocenters. The van der Waals surface area contributed by atoms with Crippen molar-refractivity contribution in [3.8, 4) is 0 Å².